The molecule has 0 saturated carbocycles. The molecule has 0 atom stereocenters. The molecule has 17 heavy (non-hydrogen) atoms. The van der Waals surface area contributed by atoms with E-state index in [1.165, 1.54) is 0 Å². The van der Waals surface area contributed by atoms with Gasteiger partial charge >= 0.3 is 0 Å². The molecule has 86 valence electrons. The second-order valence-corrected chi connectivity index (χ2v) is 3.76. The minimum Gasteiger partial charge on any atom is -0.285 e. The first-order chi connectivity index (χ1) is 8.31. The van der Waals surface area contributed by atoms with Crippen LogP contribution in [0.4, 0.5) is 0 Å². The van der Waals surface area contributed by atoms with Gasteiger partial charge in [0.15, 0.2) is 5.82 Å². The molecule has 3 heterocycles. The maximum Gasteiger partial charge on any atom is 0.204 e. The molecule has 0 bridgehead atoms. The smallest absolute Gasteiger partial charge is 0.204 e. The fourth-order valence-electron chi connectivity index (χ4n) is 1.89. The average Bonchev–Trinajstić information content (AvgIpc) is 2.96. The number of nitrogens with zero attached hydrogens (tertiary/aromatic N) is 6. The summed E-state index contributed by atoms with van der Waals surface area (Å²) in [5.74, 6) is 2.58. The lowest BCUT2D eigenvalue weighted by Crippen LogP contribution is -2.04. The van der Waals surface area contributed by atoms with Crippen LogP contribution in [0.2, 0.25) is 0 Å². The number of hydrogen-bond acceptors (Lipinski definition) is 4. The number of aromatic nitrogens is 6. The van der Waals surface area contributed by atoms with Crippen molar-refractivity contribution in [1.29, 1.82) is 0 Å². The molecule has 0 aliphatic heterocycles. The lowest BCUT2D eigenvalue weighted by Gasteiger charge is -2.05. The molecule has 0 spiro atoms. The fourth-order valence-corrected chi connectivity index (χ4v) is 1.89. The Balaban J connectivity index is 2.30. The van der Waals surface area contributed by atoms with Gasteiger partial charge in [0.05, 0.1) is 0 Å². The monoisotopic (exact) mass is 228 g/mol. The van der Waals surface area contributed by atoms with Crippen molar-refractivity contribution in [3.05, 3.63) is 36.4 Å². The van der Waals surface area contributed by atoms with Crippen LogP contribution in [-0.2, 0) is 6.42 Å². The molecule has 0 fully saturated rings. The first kappa shape index (κ1) is 9.95. The molecular weight excluding hydrogens is 216 g/mol. The van der Waals surface area contributed by atoms with Gasteiger partial charge in [0.2, 0.25) is 5.65 Å². The van der Waals surface area contributed by atoms with Gasteiger partial charge in [0.25, 0.3) is 0 Å². The summed E-state index contributed by atoms with van der Waals surface area (Å²) in [4.78, 5) is 8.66. The topological polar surface area (TPSA) is 60.9 Å². The van der Waals surface area contributed by atoms with Crippen LogP contribution in [0.5, 0.6) is 0 Å². The van der Waals surface area contributed by atoms with Crippen molar-refractivity contribution < 1.29 is 0 Å². The summed E-state index contributed by atoms with van der Waals surface area (Å²) in [6.45, 7) is 3.98. The van der Waals surface area contributed by atoms with Crippen LogP contribution in [0.15, 0.2) is 24.8 Å². The van der Waals surface area contributed by atoms with Gasteiger partial charge in [0.1, 0.15) is 11.6 Å². The second kappa shape index (κ2) is 3.65. The highest BCUT2D eigenvalue weighted by atomic mass is 15.3. The minimum absolute atomic E-state index is 0.748. The number of rotatable bonds is 2. The van der Waals surface area contributed by atoms with E-state index in [1.54, 1.807) is 12.4 Å². The van der Waals surface area contributed by atoms with E-state index >= 15 is 0 Å². The number of fused-ring (bicyclic) bond motifs is 1. The summed E-state index contributed by atoms with van der Waals surface area (Å²) in [5, 5.41) is 8.21. The Bertz CT molecular complexity index is 665. The summed E-state index contributed by atoms with van der Waals surface area (Å²) >= 11 is 0. The van der Waals surface area contributed by atoms with Crippen LogP contribution < -0.4 is 0 Å². The number of imidazole rings is 1. The standard InChI is InChI=1S/C11H12N6/c1-3-9-12-4-7-17(9)10-11-15-14-8(2)16(11)6-5-13-10/h4-7H,3H2,1-2H3. The summed E-state index contributed by atoms with van der Waals surface area (Å²) in [7, 11) is 0. The molecule has 0 amide bonds. The largest absolute Gasteiger partial charge is 0.285 e. The third-order valence-corrected chi connectivity index (χ3v) is 2.74. The molecule has 6 nitrogen and oxygen atoms in total. The third-order valence-electron chi connectivity index (χ3n) is 2.74. The summed E-state index contributed by atoms with van der Waals surface area (Å²) < 4.78 is 3.87. The van der Waals surface area contributed by atoms with E-state index in [-0.39, 0.29) is 0 Å². The molecular formula is C11H12N6. The van der Waals surface area contributed by atoms with Crippen LogP contribution >= 0.6 is 0 Å². The zero-order chi connectivity index (χ0) is 11.8. The molecule has 0 N–H and O–H groups in total. The van der Waals surface area contributed by atoms with Gasteiger partial charge in [-0.25, -0.2) is 9.97 Å². The van der Waals surface area contributed by atoms with Gasteiger partial charge < -0.3 is 0 Å². The van der Waals surface area contributed by atoms with Crippen LogP contribution in [0.25, 0.3) is 11.5 Å². The Morgan fingerprint density at radius 2 is 1.94 bits per heavy atom. The first-order valence-electron chi connectivity index (χ1n) is 5.50. The molecule has 3 rings (SSSR count). The van der Waals surface area contributed by atoms with Crippen molar-refractivity contribution in [2.75, 3.05) is 0 Å². The van der Waals surface area contributed by atoms with Crippen molar-refractivity contribution in [3.63, 3.8) is 0 Å². The molecule has 3 aromatic heterocycles. The van der Waals surface area contributed by atoms with Gasteiger partial charge in [0, 0.05) is 31.2 Å². The van der Waals surface area contributed by atoms with Gasteiger partial charge in [-0.2, -0.15) is 0 Å². The summed E-state index contributed by atoms with van der Waals surface area (Å²) in [6, 6.07) is 0. The molecule has 0 aromatic carbocycles. The highest BCUT2D eigenvalue weighted by molar-refractivity contribution is 5.54. The predicted octanol–water partition coefficient (Wildman–Crippen LogP) is 1.18. The van der Waals surface area contributed by atoms with Crippen LogP contribution in [0, 0.1) is 6.92 Å². The third kappa shape index (κ3) is 1.41. The molecule has 0 unspecified atom stereocenters. The molecule has 0 saturated heterocycles. The SMILES string of the molecule is CCc1nccn1-c1nccn2c(C)nnc12. The van der Waals surface area contributed by atoms with E-state index in [9.17, 15) is 0 Å². The Morgan fingerprint density at radius 3 is 2.76 bits per heavy atom. The van der Waals surface area contributed by atoms with E-state index in [0.717, 1.165) is 29.5 Å². The lowest BCUT2D eigenvalue weighted by atomic mass is 10.4. The van der Waals surface area contributed by atoms with E-state index in [4.69, 9.17) is 0 Å². The lowest BCUT2D eigenvalue weighted by molar-refractivity contribution is 0.861. The quantitative estimate of drug-likeness (QED) is 0.660. The van der Waals surface area contributed by atoms with Crippen molar-refractivity contribution in [2.24, 2.45) is 0 Å². The highest BCUT2D eigenvalue weighted by Crippen LogP contribution is 2.14. The van der Waals surface area contributed by atoms with Crippen LogP contribution in [0.1, 0.15) is 18.6 Å². The predicted molar refractivity (Wildman–Crippen MR) is 62.0 cm³/mol. The van der Waals surface area contributed by atoms with Crippen LogP contribution in [0.3, 0.4) is 0 Å². The Hall–Kier alpha value is -2.24. The zero-order valence-corrected chi connectivity index (χ0v) is 9.70. The molecule has 0 radical (unpaired) electrons. The highest BCUT2D eigenvalue weighted by Gasteiger charge is 2.11. The zero-order valence-electron chi connectivity index (χ0n) is 9.70. The van der Waals surface area contributed by atoms with Gasteiger partial charge in [-0.1, -0.05) is 6.92 Å². The van der Waals surface area contributed by atoms with Gasteiger partial charge in [-0.3, -0.25) is 8.97 Å². The minimum atomic E-state index is 0.748. The summed E-state index contributed by atoms with van der Waals surface area (Å²) in [5.41, 5.74) is 0.748. The van der Waals surface area contributed by atoms with Gasteiger partial charge in [-0.05, 0) is 6.92 Å². The molecule has 3 aromatic rings. The van der Waals surface area contributed by atoms with E-state index in [1.807, 2.05) is 28.3 Å². The van der Waals surface area contributed by atoms with Crippen LogP contribution in [-0.4, -0.2) is 29.1 Å². The van der Waals surface area contributed by atoms with Crippen molar-refractivity contribution in [1.82, 2.24) is 29.1 Å². The first-order valence-corrected chi connectivity index (χ1v) is 5.50. The second-order valence-electron chi connectivity index (χ2n) is 3.76. The summed E-state index contributed by atoms with van der Waals surface area (Å²) in [6.07, 6.45) is 8.12. The maximum absolute atomic E-state index is 4.37. The number of aryl methyl sites for hydroxylation is 2. The van der Waals surface area contributed by atoms with E-state index < -0.39 is 0 Å². The molecule has 0 aliphatic carbocycles. The van der Waals surface area contributed by atoms with E-state index in [2.05, 4.69) is 27.1 Å². The molecule has 0 aliphatic rings. The average molecular weight is 228 g/mol. The van der Waals surface area contributed by atoms with Gasteiger partial charge in [-0.15, -0.1) is 10.2 Å². The van der Waals surface area contributed by atoms with Crippen molar-refractivity contribution >= 4 is 5.65 Å². The van der Waals surface area contributed by atoms with Crippen molar-refractivity contribution in [3.8, 4) is 5.82 Å². The Labute approximate surface area is 98.0 Å². The normalized spacial score (nSPS) is 11.2. The molecule has 6 heteroatoms. The van der Waals surface area contributed by atoms with E-state index in [0.29, 0.717) is 0 Å². The maximum atomic E-state index is 4.37. The number of hydrogen-bond donors (Lipinski definition) is 0. The Kier molecular flexibility index (Phi) is 2.14. The fraction of sp³-hybridized carbons (Fsp3) is 0.273. The van der Waals surface area contributed by atoms with Crippen molar-refractivity contribution in [2.45, 2.75) is 20.3 Å². The Morgan fingerprint density at radius 1 is 1.12 bits per heavy atom.